The van der Waals surface area contributed by atoms with E-state index in [2.05, 4.69) is 15.9 Å². The van der Waals surface area contributed by atoms with Gasteiger partial charge in [-0.1, -0.05) is 34.1 Å². The summed E-state index contributed by atoms with van der Waals surface area (Å²) in [4.78, 5) is 11.1. The molecule has 0 saturated heterocycles. The normalized spacial score (nSPS) is 9.69. The molecule has 1 aromatic carbocycles. The fourth-order valence-corrected chi connectivity index (χ4v) is 1.43. The highest BCUT2D eigenvalue weighted by Gasteiger charge is 2.05. The second kappa shape index (κ2) is 5.02. The first kappa shape index (κ1) is 10.3. The average molecular weight is 243 g/mol. The summed E-state index contributed by atoms with van der Waals surface area (Å²) >= 11 is 3.37. The van der Waals surface area contributed by atoms with Gasteiger partial charge < -0.3 is 4.74 Å². The third-order valence-electron chi connectivity index (χ3n) is 1.60. The smallest absolute Gasteiger partial charge is 0.310 e. The van der Waals surface area contributed by atoms with Gasteiger partial charge in [-0.3, -0.25) is 4.79 Å². The van der Waals surface area contributed by atoms with Gasteiger partial charge in [0.25, 0.3) is 0 Å². The molecule has 13 heavy (non-hydrogen) atoms. The summed E-state index contributed by atoms with van der Waals surface area (Å²) in [6.07, 6.45) is 0.329. The van der Waals surface area contributed by atoms with Crippen LogP contribution >= 0.6 is 15.9 Å². The number of benzene rings is 1. The summed E-state index contributed by atoms with van der Waals surface area (Å²) in [7, 11) is 0. The van der Waals surface area contributed by atoms with E-state index in [1.165, 1.54) is 0 Å². The molecule has 0 amide bonds. The molecule has 0 bridgehead atoms. The van der Waals surface area contributed by atoms with Crippen molar-refractivity contribution in [3.05, 3.63) is 34.3 Å². The number of hydrogen-bond acceptors (Lipinski definition) is 2. The molecule has 0 heterocycles. The minimum atomic E-state index is -0.186. The Labute approximate surface area is 86.0 Å². The van der Waals surface area contributed by atoms with Gasteiger partial charge in [0.2, 0.25) is 0 Å². The van der Waals surface area contributed by atoms with Gasteiger partial charge in [0, 0.05) is 4.47 Å². The Morgan fingerprint density at radius 3 is 2.77 bits per heavy atom. The van der Waals surface area contributed by atoms with E-state index in [4.69, 9.17) is 4.74 Å². The Balaban J connectivity index is 2.63. The maximum atomic E-state index is 11.1. The number of ether oxygens (including phenoxy) is 1. The number of rotatable bonds is 3. The molecule has 0 N–H and O–H groups in total. The van der Waals surface area contributed by atoms with Crippen molar-refractivity contribution in [2.75, 3.05) is 6.61 Å². The van der Waals surface area contributed by atoms with Crippen LogP contribution in [0.25, 0.3) is 0 Å². The van der Waals surface area contributed by atoms with Crippen LogP contribution in [0.2, 0.25) is 0 Å². The highest BCUT2D eigenvalue weighted by molar-refractivity contribution is 9.10. The molecule has 70 valence electrons. The molecule has 0 atom stereocenters. The van der Waals surface area contributed by atoms with Gasteiger partial charge in [0.15, 0.2) is 0 Å². The van der Waals surface area contributed by atoms with E-state index < -0.39 is 0 Å². The molecular formula is C10H11BrO2. The molecule has 0 unspecified atom stereocenters. The molecule has 2 nitrogen and oxygen atoms in total. The minimum Gasteiger partial charge on any atom is -0.466 e. The van der Waals surface area contributed by atoms with E-state index in [0.29, 0.717) is 13.0 Å². The van der Waals surface area contributed by atoms with Crippen molar-refractivity contribution in [3.8, 4) is 0 Å². The largest absolute Gasteiger partial charge is 0.466 e. The van der Waals surface area contributed by atoms with Gasteiger partial charge in [-0.15, -0.1) is 0 Å². The molecule has 1 aromatic rings. The summed E-state index contributed by atoms with van der Waals surface area (Å²) < 4.78 is 5.79. The Morgan fingerprint density at radius 1 is 1.46 bits per heavy atom. The van der Waals surface area contributed by atoms with E-state index in [1.54, 1.807) is 6.92 Å². The van der Waals surface area contributed by atoms with Crippen LogP contribution in [0.15, 0.2) is 28.7 Å². The maximum absolute atomic E-state index is 11.1. The molecule has 0 spiro atoms. The SMILES string of the molecule is CCOC(=O)Cc1ccccc1Br. The highest BCUT2D eigenvalue weighted by Crippen LogP contribution is 2.16. The molecule has 0 saturated carbocycles. The molecule has 0 fully saturated rings. The Hall–Kier alpha value is -0.830. The van der Waals surface area contributed by atoms with Crippen LogP contribution in [-0.2, 0) is 16.0 Å². The number of esters is 1. The van der Waals surface area contributed by atoms with Crippen LogP contribution in [0.5, 0.6) is 0 Å². The first-order chi connectivity index (χ1) is 6.24. The van der Waals surface area contributed by atoms with E-state index >= 15 is 0 Å². The summed E-state index contributed by atoms with van der Waals surface area (Å²) in [6, 6.07) is 7.63. The zero-order valence-electron chi connectivity index (χ0n) is 7.42. The molecule has 0 aromatic heterocycles. The van der Waals surface area contributed by atoms with Crippen molar-refractivity contribution < 1.29 is 9.53 Å². The molecule has 1 rings (SSSR count). The van der Waals surface area contributed by atoms with Crippen molar-refractivity contribution in [2.24, 2.45) is 0 Å². The quantitative estimate of drug-likeness (QED) is 0.762. The van der Waals surface area contributed by atoms with Crippen LogP contribution in [0.1, 0.15) is 12.5 Å². The topological polar surface area (TPSA) is 26.3 Å². The molecular weight excluding hydrogens is 232 g/mol. The minimum absolute atomic E-state index is 0.186. The summed E-state index contributed by atoms with van der Waals surface area (Å²) in [5.74, 6) is -0.186. The van der Waals surface area contributed by atoms with Crippen molar-refractivity contribution >= 4 is 21.9 Å². The van der Waals surface area contributed by atoms with E-state index in [9.17, 15) is 4.79 Å². The van der Waals surface area contributed by atoms with Crippen molar-refractivity contribution in [3.63, 3.8) is 0 Å². The van der Waals surface area contributed by atoms with Crippen molar-refractivity contribution in [1.29, 1.82) is 0 Å². The zero-order valence-corrected chi connectivity index (χ0v) is 9.00. The Kier molecular flexibility index (Phi) is 3.96. The molecule has 0 radical (unpaired) electrons. The van der Waals surface area contributed by atoms with Gasteiger partial charge >= 0.3 is 5.97 Å². The molecule has 3 heteroatoms. The van der Waals surface area contributed by atoms with Crippen LogP contribution < -0.4 is 0 Å². The third-order valence-corrected chi connectivity index (χ3v) is 2.37. The third kappa shape index (κ3) is 3.19. The van der Waals surface area contributed by atoms with Gasteiger partial charge in [0.05, 0.1) is 13.0 Å². The van der Waals surface area contributed by atoms with Crippen molar-refractivity contribution in [1.82, 2.24) is 0 Å². The second-order valence-corrected chi connectivity index (χ2v) is 3.43. The highest BCUT2D eigenvalue weighted by atomic mass is 79.9. The molecule has 0 aliphatic rings. The predicted molar refractivity (Wildman–Crippen MR) is 54.5 cm³/mol. The standard InChI is InChI=1S/C10H11BrO2/c1-2-13-10(12)7-8-5-3-4-6-9(8)11/h3-6H,2,7H2,1H3. The number of halogens is 1. The lowest BCUT2D eigenvalue weighted by atomic mass is 10.2. The van der Waals surface area contributed by atoms with Crippen LogP contribution in [-0.4, -0.2) is 12.6 Å². The number of carbonyl (C=O) groups is 1. The van der Waals surface area contributed by atoms with Gasteiger partial charge in [-0.05, 0) is 18.6 Å². The number of carbonyl (C=O) groups excluding carboxylic acids is 1. The lowest BCUT2D eigenvalue weighted by molar-refractivity contribution is -0.142. The van der Waals surface area contributed by atoms with E-state index in [-0.39, 0.29) is 5.97 Å². The molecule has 0 aliphatic heterocycles. The van der Waals surface area contributed by atoms with E-state index in [0.717, 1.165) is 10.0 Å². The average Bonchev–Trinajstić information content (AvgIpc) is 2.09. The lowest BCUT2D eigenvalue weighted by Crippen LogP contribution is -2.07. The van der Waals surface area contributed by atoms with Gasteiger partial charge in [-0.2, -0.15) is 0 Å². The van der Waals surface area contributed by atoms with Crippen LogP contribution in [0.3, 0.4) is 0 Å². The summed E-state index contributed by atoms with van der Waals surface area (Å²) in [6.45, 7) is 2.24. The lowest BCUT2D eigenvalue weighted by Gasteiger charge is -2.03. The monoisotopic (exact) mass is 242 g/mol. The summed E-state index contributed by atoms with van der Waals surface area (Å²) in [5, 5.41) is 0. The Bertz CT molecular complexity index is 297. The van der Waals surface area contributed by atoms with Gasteiger partial charge in [-0.25, -0.2) is 0 Å². The van der Waals surface area contributed by atoms with Gasteiger partial charge in [0.1, 0.15) is 0 Å². The predicted octanol–water partition coefficient (Wildman–Crippen LogP) is 2.55. The number of hydrogen-bond donors (Lipinski definition) is 0. The first-order valence-electron chi connectivity index (χ1n) is 4.13. The Morgan fingerprint density at radius 2 is 2.15 bits per heavy atom. The van der Waals surface area contributed by atoms with Crippen LogP contribution in [0, 0.1) is 0 Å². The molecule has 0 aliphatic carbocycles. The fraction of sp³-hybridized carbons (Fsp3) is 0.300. The van der Waals surface area contributed by atoms with Crippen LogP contribution in [0.4, 0.5) is 0 Å². The van der Waals surface area contributed by atoms with E-state index in [1.807, 2.05) is 24.3 Å². The maximum Gasteiger partial charge on any atom is 0.310 e. The fourth-order valence-electron chi connectivity index (χ4n) is 1.01. The zero-order chi connectivity index (χ0) is 9.68. The first-order valence-corrected chi connectivity index (χ1v) is 4.92. The second-order valence-electron chi connectivity index (χ2n) is 2.57. The summed E-state index contributed by atoms with van der Waals surface area (Å²) in [5.41, 5.74) is 0.959. The van der Waals surface area contributed by atoms with Crippen molar-refractivity contribution in [2.45, 2.75) is 13.3 Å².